The van der Waals surface area contributed by atoms with Crippen LogP contribution in [-0.4, -0.2) is 55.2 Å². The number of carbonyl (C=O) groups is 1. The van der Waals surface area contributed by atoms with Crippen LogP contribution in [0, 0.1) is 0 Å². The van der Waals surface area contributed by atoms with Gasteiger partial charge >= 0.3 is 0 Å². The highest BCUT2D eigenvalue weighted by Crippen LogP contribution is 2.25. The molecule has 0 radical (unpaired) electrons. The monoisotopic (exact) mass is 418 g/mol. The molecule has 4 aromatic rings. The summed E-state index contributed by atoms with van der Waals surface area (Å²) in [7, 11) is 0. The lowest BCUT2D eigenvalue weighted by Crippen LogP contribution is -2.42. The van der Waals surface area contributed by atoms with Crippen LogP contribution in [0.4, 0.5) is 0 Å². The number of pyridine rings is 1. The number of benzene rings is 1. The second kappa shape index (κ2) is 7.92. The van der Waals surface area contributed by atoms with Gasteiger partial charge in [0.15, 0.2) is 6.10 Å². The molecule has 1 fully saturated rings. The maximum Gasteiger partial charge on any atom is 0.257 e. The van der Waals surface area contributed by atoms with E-state index in [1.54, 1.807) is 17.3 Å². The van der Waals surface area contributed by atoms with Gasteiger partial charge in [-0.1, -0.05) is 5.16 Å². The molecule has 0 bridgehead atoms. The molecule has 0 unspecified atom stereocenters. The van der Waals surface area contributed by atoms with Crippen LogP contribution in [0.5, 0.6) is 0 Å². The fourth-order valence-corrected chi connectivity index (χ4v) is 3.72. The second-order valence-corrected chi connectivity index (χ2v) is 7.76. The van der Waals surface area contributed by atoms with Crippen molar-refractivity contribution >= 4 is 16.9 Å². The first kappa shape index (κ1) is 19.4. The minimum atomic E-state index is -0.473. The van der Waals surface area contributed by atoms with Gasteiger partial charge in [0.25, 0.3) is 11.8 Å². The predicted molar refractivity (Wildman–Crippen MR) is 112 cm³/mol. The summed E-state index contributed by atoms with van der Waals surface area (Å²) in [6, 6.07) is 9.61. The molecule has 31 heavy (non-hydrogen) atoms. The van der Waals surface area contributed by atoms with Crippen molar-refractivity contribution in [2.75, 3.05) is 19.7 Å². The van der Waals surface area contributed by atoms with Gasteiger partial charge in [0.1, 0.15) is 0 Å². The van der Waals surface area contributed by atoms with Crippen molar-refractivity contribution in [1.29, 1.82) is 0 Å². The van der Waals surface area contributed by atoms with E-state index in [1.807, 2.05) is 36.7 Å². The Morgan fingerprint density at radius 3 is 2.97 bits per heavy atom. The molecule has 1 aliphatic heterocycles. The average Bonchev–Trinajstić information content (AvgIpc) is 3.46. The van der Waals surface area contributed by atoms with E-state index in [9.17, 15) is 4.79 Å². The Kier molecular flexibility index (Phi) is 4.95. The first-order valence-electron chi connectivity index (χ1n) is 10.2. The quantitative estimate of drug-likeness (QED) is 0.501. The fourth-order valence-electron chi connectivity index (χ4n) is 3.72. The van der Waals surface area contributed by atoms with E-state index in [-0.39, 0.29) is 5.91 Å². The lowest BCUT2D eigenvalue weighted by Gasteiger charge is -2.31. The Bertz CT molecular complexity index is 1220. The fraction of sp³-hybridized carbons (Fsp3) is 0.318. The van der Waals surface area contributed by atoms with E-state index in [2.05, 4.69) is 38.5 Å². The summed E-state index contributed by atoms with van der Waals surface area (Å²) >= 11 is 0. The van der Waals surface area contributed by atoms with Gasteiger partial charge in [-0.2, -0.15) is 4.98 Å². The minimum Gasteiger partial charge on any atom is -0.365 e. The Balaban J connectivity index is 1.34. The van der Waals surface area contributed by atoms with Crippen LogP contribution in [0.25, 0.3) is 22.4 Å². The molecule has 1 amide bonds. The highest BCUT2D eigenvalue weighted by molar-refractivity contribution is 5.97. The molecule has 0 aliphatic carbocycles. The average molecular weight is 418 g/mol. The molecule has 1 atom stereocenters. The largest absolute Gasteiger partial charge is 0.365 e. The molecule has 1 aromatic carbocycles. The third kappa shape index (κ3) is 3.68. The molecule has 1 aliphatic rings. The zero-order valence-corrected chi connectivity index (χ0v) is 17.3. The number of amides is 1. The Morgan fingerprint density at radius 1 is 1.26 bits per heavy atom. The number of morpholine rings is 1. The number of nitrogens with zero attached hydrogens (tertiary/aromatic N) is 6. The van der Waals surface area contributed by atoms with Crippen molar-refractivity contribution in [3.05, 3.63) is 60.5 Å². The standard InChI is InChI=1S/C22H22N6O3/c1-14(2)28-13-24-17-10-15(5-6-18(17)28)22(29)27-8-9-30-19(12-27)21-25-20(26-31-21)16-4-3-7-23-11-16/h3-7,10-11,13-14,19H,8-9,12H2,1-2H3/t19-/m1/s1. The van der Waals surface area contributed by atoms with Crippen LogP contribution in [0.15, 0.2) is 53.6 Å². The van der Waals surface area contributed by atoms with Gasteiger partial charge in [-0.3, -0.25) is 9.78 Å². The summed E-state index contributed by atoms with van der Waals surface area (Å²) in [6.45, 7) is 5.44. The highest BCUT2D eigenvalue weighted by atomic mass is 16.5. The molecule has 0 spiro atoms. The number of hydrogen-bond acceptors (Lipinski definition) is 7. The van der Waals surface area contributed by atoms with E-state index in [0.717, 1.165) is 16.6 Å². The number of aromatic nitrogens is 5. The first-order valence-corrected chi connectivity index (χ1v) is 10.2. The zero-order chi connectivity index (χ0) is 21.4. The van der Waals surface area contributed by atoms with Crippen LogP contribution >= 0.6 is 0 Å². The topological polar surface area (TPSA) is 99.2 Å². The Hall–Kier alpha value is -3.59. The summed E-state index contributed by atoms with van der Waals surface area (Å²) in [4.78, 5) is 27.9. The summed E-state index contributed by atoms with van der Waals surface area (Å²) in [5, 5.41) is 4.02. The third-order valence-electron chi connectivity index (χ3n) is 5.37. The van der Waals surface area contributed by atoms with Crippen LogP contribution < -0.4 is 0 Å². The number of imidazole rings is 1. The maximum absolute atomic E-state index is 13.1. The lowest BCUT2D eigenvalue weighted by atomic mass is 10.1. The maximum atomic E-state index is 13.1. The van der Waals surface area contributed by atoms with E-state index in [1.165, 1.54) is 0 Å². The van der Waals surface area contributed by atoms with Crippen molar-refractivity contribution < 1.29 is 14.1 Å². The molecule has 0 N–H and O–H groups in total. The van der Waals surface area contributed by atoms with E-state index in [4.69, 9.17) is 9.26 Å². The van der Waals surface area contributed by atoms with Crippen molar-refractivity contribution in [1.82, 2.24) is 29.6 Å². The van der Waals surface area contributed by atoms with Gasteiger partial charge in [0.05, 0.1) is 30.5 Å². The zero-order valence-electron chi connectivity index (χ0n) is 17.3. The molecular formula is C22H22N6O3. The molecule has 4 heterocycles. The minimum absolute atomic E-state index is 0.0682. The summed E-state index contributed by atoms with van der Waals surface area (Å²) < 4.78 is 13.3. The van der Waals surface area contributed by atoms with Crippen molar-refractivity contribution in [3.63, 3.8) is 0 Å². The molecule has 5 rings (SSSR count). The normalized spacial score (nSPS) is 16.9. The molecule has 1 saturated heterocycles. The first-order chi connectivity index (χ1) is 15.1. The van der Waals surface area contributed by atoms with E-state index in [0.29, 0.717) is 43.0 Å². The van der Waals surface area contributed by atoms with Gasteiger partial charge in [0.2, 0.25) is 5.82 Å². The van der Waals surface area contributed by atoms with Crippen LogP contribution in [0.3, 0.4) is 0 Å². The van der Waals surface area contributed by atoms with Gasteiger partial charge in [-0.15, -0.1) is 0 Å². The SMILES string of the molecule is CC(C)n1cnc2cc(C(=O)N3CCO[C@@H](c4nc(-c5cccnc5)no4)C3)ccc21. The number of rotatable bonds is 4. The summed E-state index contributed by atoms with van der Waals surface area (Å²) in [6.07, 6.45) is 4.69. The number of fused-ring (bicyclic) bond motifs is 1. The van der Waals surface area contributed by atoms with Crippen molar-refractivity contribution in [2.45, 2.75) is 26.0 Å². The second-order valence-electron chi connectivity index (χ2n) is 7.76. The third-order valence-corrected chi connectivity index (χ3v) is 5.37. The number of carbonyl (C=O) groups excluding carboxylic acids is 1. The number of ether oxygens (including phenoxy) is 1. The molecule has 9 nitrogen and oxygen atoms in total. The van der Waals surface area contributed by atoms with Crippen LogP contribution in [-0.2, 0) is 4.74 Å². The molecule has 3 aromatic heterocycles. The summed E-state index contributed by atoms with van der Waals surface area (Å²) in [5.74, 6) is 0.727. The van der Waals surface area contributed by atoms with E-state index >= 15 is 0 Å². The van der Waals surface area contributed by atoms with Crippen molar-refractivity contribution in [2.24, 2.45) is 0 Å². The number of hydrogen-bond donors (Lipinski definition) is 0. The summed E-state index contributed by atoms with van der Waals surface area (Å²) in [5.41, 5.74) is 3.18. The highest BCUT2D eigenvalue weighted by Gasteiger charge is 2.30. The van der Waals surface area contributed by atoms with Gasteiger partial charge in [0, 0.05) is 36.1 Å². The molecule has 9 heteroatoms. The van der Waals surface area contributed by atoms with Crippen molar-refractivity contribution in [3.8, 4) is 11.4 Å². The smallest absolute Gasteiger partial charge is 0.257 e. The van der Waals surface area contributed by atoms with E-state index < -0.39 is 6.10 Å². The van der Waals surface area contributed by atoms with Crippen LogP contribution in [0.1, 0.15) is 42.2 Å². The van der Waals surface area contributed by atoms with Gasteiger partial charge in [-0.25, -0.2) is 4.98 Å². The predicted octanol–water partition coefficient (Wildman–Crippen LogP) is 3.28. The molecule has 0 saturated carbocycles. The van der Waals surface area contributed by atoms with Gasteiger partial charge < -0.3 is 18.7 Å². The van der Waals surface area contributed by atoms with Crippen LogP contribution in [0.2, 0.25) is 0 Å². The Morgan fingerprint density at radius 2 is 2.16 bits per heavy atom. The lowest BCUT2D eigenvalue weighted by molar-refractivity contribution is -0.0367. The Labute approximate surface area is 178 Å². The molecular weight excluding hydrogens is 396 g/mol. The molecule has 158 valence electrons. The van der Waals surface area contributed by atoms with Gasteiger partial charge in [-0.05, 0) is 44.2 Å².